The summed E-state index contributed by atoms with van der Waals surface area (Å²) in [6.07, 6.45) is -0.807. The van der Waals surface area contributed by atoms with Crippen molar-refractivity contribution in [1.29, 1.82) is 0 Å². The highest BCUT2D eigenvalue weighted by Gasteiger charge is 2.46. The van der Waals surface area contributed by atoms with Crippen molar-refractivity contribution in [2.75, 3.05) is 7.11 Å². The second-order valence-electron chi connectivity index (χ2n) is 9.73. The van der Waals surface area contributed by atoms with E-state index in [2.05, 4.69) is 5.43 Å². The Hall–Kier alpha value is -4.09. The van der Waals surface area contributed by atoms with Gasteiger partial charge in [0.15, 0.2) is 0 Å². The molecule has 0 spiro atoms. The molecule has 0 saturated carbocycles. The van der Waals surface area contributed by atoms with Gasteiger partial charge < -0.3 is 9.47 Å². The van der Waals surface area contributed by atoms with Gasteiger partial charge in [0.25, 0.3) is 5.91 Å². The normalized spacial score (nSPS) is 14.0. The van der Waals surface area contributed by atoms with Crippen LogP contribution < -0.4 is 21.3 Å². The lowest BCUT2D eigenvalue weighted by atomic mass is 10.2. The Bertz CT molecular complexity index is 1340. The third kappa shape index (κ3) is 4.90. The minimum atomic E-state index is -2.96. The fourth-order valence-corrected chi connectivity index (χ4v) is 9.12. The summed E-state index contributed by atoms with van der Waals surface area (Å²) in [4.78, 5) is 40.5. The maximum absolute atomic E-state index is 14.4. The molecule has 0 radical (unpaired) electrons. The average molecular weight is 531 g/mol. The fraction of sp³-hybridized carbons (Fsp3) is 0.200. The number of methoxy groups -OCH3 is 1. The van der Waals surface area contributed by atoms with Crippen molar-refractivity contribution in [3.63, 3.8) is 0 Å². The predicted octanol–water partition coefficient (Wildman–Crippen LogP) is 3.88. The topological polar surface area (TPSA) is 84.9 Å². The van der Waals surface area contributed by atoms with Crippen LogP contribution in [-0.4, -0.2) is 41.0 Å². The van der Waals surface area contributed by atoms with Gasteiger partial charge in [-0.2, -0.15) is 0 Å². The Labute approximate surface area is 223 Å². The highest BCUT2D eigenvalue weighted by atomic mass is 31.2. The number of amides is 2. The van der Waals surface area contributed by atoms with Crippen molar-refractivity contribution < 1.29 is 23.9 Å². The van der Waals surface area contributed by atoms with Crippen LogP contribution in [0.5, 0.6) is 0 Å². The largest absolute Gasteiger partial charge is 0.465 e. The van der Waals surface area contributed by atoms with E-state index in [1.807, 2.05) is 91.0 Å². The zero-order chi connectivity index (χ0) is 27.5. The molecule has 0 fully saturated rings. The van der Waals surface area contributed by atoms with Gasteiger partial charge in [0.1, 0.15) is 5.60 Å². The summed E-state index contributed by atoms with van der Waals surface area (Å²) in [5.41, 5.74) is 2.16. The number of carbonyl (C=O) groups is 3. The zero-order valence-electron chi connectivity index (χ0n) is 22.1. The number of hydrogen-bond donors (Lipinski definition) is 1. The van der Waals surface area contributed by atoms with Crippen LogP contribution >= 0.6 is 6.89 Å². The second-order valence-corrected chi connectivity index (χ2v) is 13.1. The molecule has 1 N–H and O–H groups in total. The van der Waals surface area contributed by atoms with E-state index in [4.69, 9.17) is 9.47 Å². The van der Waals surface area contributed by atoms with E-state index in [1.165, 1.54) is 7.11 Å². The van der Waals surface area contributed by atoms with Crippen LogP contribution in [-0.2, 0) is 19.1 Å². The van der Waals surface area contributed by atoms with Crippen LogP contribution in [0.15, 0.2) is 102 Å². The van der Waals surface area contributed by atoms with E-state index in [1.54, 1.807) is 27.7 Å². The van der Waals surface area contributed by atoms with Crippen molar-refractivity contribution in [2.45, 2.75) is 33.3 Å². The number of benzene rings is 3. The fourth-order valence-electron chi connectivity index (χ4n) is 4.62. The van der Waals surface area contributed by atoms with Crippen molar-refractivity contribution in [3.05, 3.63) is 102 Å². The smallest absolute Gasteiger partial charge is 0.427 e. The quantitative estimate of drug-likeness (QED) is 0.400. The summed E-state index contributed by atoms with van der Waals surface area (Å²) >= 11 is 0. The maximum atomic E-state index is 14.4. The predicted molar refractivity (Wildman–Crippen MR) is 151 cm³/mol. The molecular weight excluding hydrogens is 499 g/mol. The third-order valence-corrected chi connectivity index (χ3v) is 10.4. The molecule has 7 nitrogen and oxygen atoms in total. The van der Waals surface area contributed by atoms with Crippen LogP contribution in [0.2, 0.25) is 0 Å². The van der Waals surface area contributed by atoms with Gasteiger partial charge in [-0.3, -0.25) is 4.79 Å². The summed E-state index contributed by atoms with van der Waals surface area (Å²) < 4.78 is 10.6. The number of allylic oxidation sites excluding steroid dienone is 1. The lowest BCUT2D eigenvalue weighted by Gasteiger charge is -2.31. The Balaban J connectivity index is 2.15. The van der Waals surface area contributed by atoms with E-state index in [0.717, 1.165) is 20.9 Å². The minimum absolute atomic E-state index is 0.124. The van der Waals surface area contributed by atoms with Crippen molar-refractivity contribution >= 4 is 46.1 Å². The van der Waals surface area contributed by atoms with Crippen LogP contribution in [0.1, 0.15) is 27.7 Å². The molecule has 38 heavy (non-hydrogen) atoms. The number of rotatable bonds is 5. The summed E-state index contributed by atoms with van der Waals surface area (Å²) in [5, 5.41) is 4.03. The molecule has 0 saturated heterocycles. The Morgan fingerprint density at radius 3 is 1.58 bits per heavy atom. The molecule has 0 aliphatic carbocycles. The van der Waals surface area contributed by atoms with E-state index in [9.17, 15) is 14.4 Å². The molecule has 1 aliphatic heterocycles. The standard InChI is InChI=1S/C30H31N2O5P/c1-21-25(28(34)36-5)26(27(33)32(21)31-29(35)37-30(2,3)4)38(22-15-9-6-10-16-22,23-17-11-7-12-18-23)24-19-13-8-14-20-24/h6-20H,1-5H3,(H,31,35). The van der Waals surface area contributed by atoms with Crippen molar-refractivity contribution in [3.8, 4) is 0 Å². The molecule has 196 valence electrons. The van der Waals surface area contributed by atoms with E-state index < -0.39 is 30.5 Å². The first-order chi connectivity index (χ1) is 18.1. The van der Waals surface area contributed by atoms with Gasteiger partial charge in [-0.15, -0.1) is 0 Å². The number of hydrazine groups is 1. The minimum Gasteiger partial charge on any atom is -0.465 e. The van der Waals surface area contributed by atoms with Gasteiger partial charge in [0, 0.05) is 0 Å². The molecule has 2 amide bonds. The van der Waals surface area contributed by atoms with Crippen LogP contribution in [0, 0.1) is 0 Å². The number of nitrogens with one attached hydrogen (secondary N) is 1. The van der Waals surface area contributed by atoms with Crippen LogP contribution in [0.3, 0.4) is 0 Å². The molecule has 8 heteroatoms. The first-order valence-electron chi connectivity index (χ1n) is 12.2. The van der Waals surface area contributed by atoms with Crippen LogP contribution in [0.4, 0.5) is 4.79 Å². The van der Waals surface area contributed by atoms with E-state index in [0.29, 0.717) is 0 Å². The summed E-state index contributed by atoms with van der Waals surface area (Å²) in [6.45, 7) is 3.84. The highest BCUT2D eigenvalue weighted by Crippen LogP contribution is 2.50. The first-order valence-corrected chi connectivity index (χ1v) is 14.0. The van der Waals surface area contributed by atoms with Gasteiger partial charge in [-0.05, 0) is 50.5 Å². The summed E-state index contributed by atoms with van der Waals surface area (Å²) in [7, 11) is 1.28. The monoisotopic (exact) mass is 530 g/mol. The Morgan fingerprint density at radius 2 is 1.21 bits per heavy atom. The number of ether oxygens (including phenoxy) is 2. The highest BCUT2D eigenvalue weighted by molar-refractivity contribution is 7.97. The number of carbonyl (C=O) groups excluding carboxylic acids is 3. The third-order valence-electron chi connectivity index (χ3n) is 6.10. The molecular formula is C30H31N2O5P. The van der Waals surface area contributed by atoms with Crippen LogP contribution in [0.25, 0.3) is 0 Å². The van der Waals surface area contributed by atoms with Gasteiger partial charge in [0.05, 0.1) is 23.7 Å². The second kappa shape index (κ2) is 10.7. The number of nitrogens with zero attached hydrogens (tertiary/aromatic N) is 1. The van der Waals surface area contributed by atoms with Gasteiger partial charge in [0.2, 0.25) is 0 Å². The lowest BCUT2D eigenvalue weighted by Crippen LogP contribution is -2.47. The molecule has 4 rings (SSSR count). The summed E-state index contributed by atoms with van der Waals surface area (Å²) in [6, 6.07) is 29.1. The molecule has 0 atom stereocenters. The molecule has 3 aromatic rings. The van der Waals surface area contributed by atoms with Gasteiger partial charge in [-0.25, -0.2) is 20.0 Å². The Kier molecular flexibility index (Phi) is 7.61. The maximum Gasteiger partial charge on any atom is 0.427 e. The molecule has 0 unspecified atom stereocenters. The number of esters is 1. The molecule has 3 aromatic carbocycles. The first kappa shape index (κ1) is 27.0. The Morgan fingerprint density at radius 1 is 0.789 bits per heavy atom. The van der Waals surface area contributed by atoms with E-state index in [-0.39, 0.29) is 16.6 Å². The molecule has 0 bridgehead atoms. The molecule has 1 heterocycles. The average Bonchev–Trinajstić information content (AvgIpc) is 3.15. The van der Waals surface area contributed by atoms with Gasteiger partial charge in [-0.1, -0.05) is 91.0 Å². The number of hydrogen-bond acceptors (Lipinski definition) is 5. The summed E-state index contributed by atoms with van der Waals surface area (Å²) in [5.74, 6) is -1.18. The molecule has 0 aromatic heterocycles. The SMILES string of the molecule is COC(=O)C1=C(C)N(NC(=O)OC(C)(C)C)C(=O)C1=P(c1ccccc1)(c1ccccc1)c1ccccc1. The van der Waals surface area contributed by atoms with Crippen molar-refractivity contribution in [2.24, 2.45) is 0 Å². The lowest BCUT2D eigenvalue weighted by molar-refractivity contribution is -0.135. The zero-order valence-corrected chi connectivity index (χ0v) is 23.0. The van der Waals surface area contributed by atoms with E-state index >= 15 is 0 Å². The molecule has 1 aliphatic rings. The van der Waals surface area contributed by atoms with Gasteiger partial charge >= 0.3 is 12.1 Å². The van der Waals surface area contributed by atoms with Crippen molar-refractivity contribution in [1.82, 2.24) is 10.4 Å².